The molecule has 0 aliphatic carbocycles. The van der Waals surface area contributed by atoms with E-state index < -0.39 is 0 Å². The molecule has 0 unspecified atom stereocenters. The number of carbonyl (C=O) groups is 1. The molecule has 1 aliphatic rings. The number of benzene rings is 1. The summed E-state index contributed by atoms with van der Waals surface area (Å²) in [6.07, 6.45) is 3.53. The molecule has 1 fully saturated rings. The molecule has 1 aromatic carbocycles. The summed E-state index contributed by atoms with van der Waals surface area (Å²) < 4.78 is 5.08. The molecule has 5 heteroatoms. The van der Waals surface area contributed by atoms with Crippen LogP contribution in [0.4, 0.5) is 4.79 Å². The molecular formula is C14H19N3O2. The lowest BCUT2D eigenvalue weighted by Crippen LogP contribution is -2.49. The van der Waals surface area contributed by atoms with Crippen LogP contribution in [-0.2, 0) is 0 Å². The van der Waals surface area contributed by atoms with Crippen molar-refractivity contribution in [2.24, 2.45) is 0 Å². The topological polar surface area (TPSA) is 53.6 Å². The highest BCUT2D eigenvalue weighted by Crippen LogP contribution is 2.11. The van der Waals surface area contributed by atoms with Crippen molar-refractivity contribution in [3.63, 3.8) is 0 Å². The van der Waals surface area contributed by atoms with Gasteiger partial charge in [0.05, 0.1) is 7.11 Å². The van der Waals surface area contributed by atoms with Crippen LogP contribution in [0.2, 0.25) is 0 Å². The third-order valence-corrected chi connectivity index (χ3v) is 3.00. The summed E-state index contributed by atoms with van der Waals surface area (Å²) in [5, 5.41) is 5.99. The van der Waals surface area contributed by atoms with Crippen LogP contribution in [0.3, 0.4) is 0 Å². The summed E-state index contributed by atoms with van der Waals surface area (Å²) in [6, 6.07) is 7.60. The Morgan fingerprint density at radius 3 is 2.63 bits per heavy atom. The van der Waals surface area contributed by atoms with E-state index in [1.165, 1.54) is 0 Å². The van der Waals surface area contributed by atoms with E-state index in [4.69, 9.17) is 4.74 Å². The average Bonchev–Trinajstić information content (AvgIpc) is 2.49. The van der Waals surface area contributed by atoms with Crippen LogP contribution in [0.15, 0.2) is 30.5 Å². The average molecular weight is 261 g/mol. The molecule has 1 saturated heterocycles. The third-order valence-electron chi connectivity index (χ3n) is 3.00. The molecule has 19 heavy (non-hydrogen) atoms. The van der Waals surface area contributed by atoms with Gasteiger partial charge in [-0.2, -0.15) is 0 Å². The maximum atomic E-state index is 11.8. The predicted molar refractivity (Wildman–Crippen MR) is 75.0 cm³/mol. The number of nitrogens with zero attached hydrogens (tertiary/aromatic N) is 1. The van der Waals surface area contributed by atoms with Gasteiger partial charge in [-0.25, -0.2) is 4.79 Å². The minimum atomic E-state index is -0.0498. The first-order chi connectivity index (χ1) is 9.29. The molecular weight excluding hydrogens is 242 g/mol. The largest absolute Gasteiger partial charge is 0.497 e. The first-order valence-corrected chi connectivity index (χ1v) is 6.36. The quantitative estimate of drug-likeness (QED) is 0.862. The molecule has 0 bridgehead atoms. The van der Waals surface area contributed by atoms with Crippen molar-refractivity contribution in [1.82, 2.24) is 15.5 Å². The zero-order chi connectivity index (χ0) is 13.5. The molecule has 1 aromatic rings. The molecule has 0 aromatic heterocycles. The normalized spacial score (nSPS) is 15.5. The van der Waals surface area contributed by atoms with Crippen LogP contribution in [0.5, 0.6) is 5.75 Å². The number of urea groups is 1. The van der Waals surface area contributed by atoms with Gasteiger partial charge < -0.3 is 20.3 Å². The fourth-order valence-electron chi connectivity index (χ4n) is 1.88. The molecule has 0 saturated carbocycles. The first kappa shape index (κ1) is 13.4. The van der Waals surface area contributed by atoms with Crippen LogP contribution in [0.1, 0.15) is 5.56 Å². The number of methoxy groups -OCH3 is 1. The lowest BCUT2D eigenvalue weighted by molar-refractivity contribution is 0.194. The van der Waals surface area contributed by atoms with Crippen LogP contribution in [0.25, 0.3) is 6.08 Å². The number of rotatable bonds is 3. The number of hydrogen-bond donors (Lipinski definition) is 2. The molecule has 2 amide bonds. The summed E-state index contributed by atoms with van der Waals surface area (Å²) in [5.74, 6) is 0.821. The highest BCUT2D eigenvalue weighted by Gasteiger charge is 2.14. The van der Waals surface area contributed by atoms with Gasteiger partial charge in [-0.05, 0) is 23.8 Å². The zero-order valence-electron chi connectivity index (χ0n) is 11.1. The second-order valence-electron chi connectivity index (χ2n) is 4.29. The Kier molecular flexibility index (Phi) is 4.80. The number of ether oxygens (including phenoxy) is 1. The SMILES string of the molecule is COc1ccc(/C=C/NC(=O)N2CCNCC2)cc1. The lowest BCUT2D eigenvalue weighted by atomic mass is 10.2. The van der Waals surface area contributed by atoms with Crippen molar-refractivity contribution in [1.29, 1.82) is 0 Å². The number of amides is 2. The van der Waals surface area contributed by atoms with Gasteiger partial charge in [0.2, 0.25) is 0 Å². The van der Waals surface area contributed by atoms with Gasteiger partial charge >= 0.3 is 6.03 Å². The van der Waals surface area contributed by atoms with Crippen molar-refractivity contribution in [3.05, 3.63) is 36.0 Å². The second kappa shape index (κ2) is 6.80. The van der Waals surface area contributed by atoms with Crippen molar-refractivity contribution in [2.45, 2.75) is 0 Å². The Balaban J connectivity index is 1.83. The van der Waals surface area contributed by atoms with E-state index in [1.807, 2.05) is 30.3 Å². The molecule has 0 spiro atoms. The van der Waals surface area contributed by atoms with Gasteiger partial charge in [0.25, 0.3) is 0 Å². The summed E-state index contributed by atoms with van der Waals surface area (Å²) in [4.78, 5) is 13.6. The maximum absolute atomic E-state index is 11.8. The Bertz CT molecular complexity index is 437. The number of hydrogen-bond acceptors (Lipinski definition) is 3. The van der Waals surface area contributed by atoms with Crippen molar-refractivity contribution < 1.29 is 9.53 Å². The second-order valence-corrected chi connectivity index (χ2v) is 4.29. The minimum absolute atomic E-state index is 0.0498. The highest BCUT2D eigenvalue weighted by molar-refractivity contribution is 5.76. The van der Waals surface area contributed by atoms with Gasteiger partial charge in [0, 0.05) is 32.4 Å². The number of carbonyl (C=O) groups excluding carboxylic acids is 1. The van der Waals surface area contributed by atoms with E-state index in [0.717, 1.165) is 37.5 Å². The summed E-state index contributed by atoms with van der Waals surface area (Å²) >= 11 is 0. The molecule has 1 aliphatic heterocycles. The Labute approximate surface area is 113 Å². The van der Waals surface area contributed by atoms with Crippen molar-refractivity contribution >= 4 is 12.1 Å². The van der Waals surface area contributed by atoms with Gasteiger partial charge in [0.1, 0.15) is 5.75 Å². The molecule has 0 atom stereocenters. The molecule has 2 N–H and O–H groups in total. The van der Waals surface area contributed by atoms with Gasteiger partial charge in [0.15, 0.2) is 0 Å². The van der Waals surface area contributed by atoms with Crippen molar-refractivity contribution in [2.75, 3.05) is 33.3 Å². The van der Waals surface area contributed by atoms with Crippen LogP contribution >= 0.6 is 0 Å². The van der Waals surface area contributed by atoms with E-state index in [9.17, 15) is 4.79 Å². The first-order valence-electron chi connectivity index (χ1n) is 6.36. The summed E-state index contributed by atoms with van der Waals surface area (Å²) in [6.45, 7) is 3.22. The van der Waals surface area contributed by atoms with Gasteiger partial charge in [-0.15, -0.1) is 0 Å². The van der Waals surface area contributed by atoms with Gasteiger partial charge in [-0.1, -0.05) is 12.1 Å². The monoisotopic (exact) mass is 261 g/mol. The fourth-order valence-corrected chi connectivity index (χ4v) is 1.88. The number of nitrogens with one attached hydrogen (secondary N) is 2. The molecule has 2 rings (SSSR count). The Morgan fingerprint density at radius 2 is 2.00 bits per heavy atom. The maximum Gasteiger partial charge on any atom is 0.321 e. The van der Waals surface area contributed by atoms with E-state index in [0.29, 0.717) is 0 Å². The van der Waals surface area contributed by atoms with E-state index in [2.05, 4.69) is 10.6 Å². The smallest absolute Gasteiger partial charge is 0.321 e. The van der Waals surface area contributed by atoms with Gasteiger partial charge in [-0.3, -0.25) is 0 Å². The van der Waals surface area contributed by atoms with Crippen molar-refractivity contribution in [3.8, 4) is 5.75 Å². The molecule has 5 nitrogen and oxygen atoms in total. The van der Waals surface area contributed by atoms with E-state index in [-0.39, 0.29) is 6.03 Å². The standard InChI is InChI=1S/C14H19N3O2/c1-19-13-4-2-12(3-5-13)6-7-16-14(18)17-10-8-15-9-11-17/h2-7,15H,8-11H2,1H3,(H,16,18)/b7-6+. The highest BCUT2D eigenvalue weighted by atomic mass is 16.5. The number of piperazine rings is 1. The van der Waals surface area contributed by atoms with Crippen LogP contribution < -0.4 is 15.4 Å². The van der Waals surface area contributed by atoms with E-state index in [1.54, 1.807) is 18.2 Å². The van der Waals surface area contributed by atoms with E-state index >= 15 is 0 Å². The predicted octanol–water partition coefficient (Wildman–Crippen LogP) is 1.28. The Morgan fingerprint density at radius 1 is 1.32 bits per heavy atom. The van der Waals surface area contributed by atoms with Crippen LogP contribution in [-0.4, -0.2) is 44.2 Å². The Hall–Kier alpha value is -2.01. The minimum Gasteiger partial charge on any atom is -0.497 e. The van der Waals surface area contributed by atoms with Crippen LogP contribution in [0, 0.1) is 0 Å². The zero-order valence-corrected chi connectivity index (χ0v) is 11.1. The summed E-state index contributed by atoms with van der Waals surface area (Å²) in [7, 11) is 1.64. The molecule has 0 radical (unpaired) electrons. The molecule has 102 valence electrons. The third kappa shape index (κ3) is 3.99. The fraction of sp³-hybridized carbons (Fsp3) is 0.357. The lowest BCUT2D eigenvalue weighted by Gasteiger charge is -2.26. The molecule has 1 heterocycles. The summed E-state index contributed by atoms with van der Waals surface area (Å²) in [5.41, 5.74) is 1.02.